The number of methoxy groups -OCH3 is 2. The van der Waals surface area contributed by atoms with Gasteiger partial charge < -0.3 is 19.5 Å². The second-order valence-electron chi connectivity index (χ2n) is 7.26. The van der Waals surface area contributed by atoms with Gasteiger partial charge in [0.25, 0.3) is 5.91 Å². The zero-order valence-corrected chi connectivity index (χ0v) is 16.9. The van der Waals surface area contributed by atoms with Crippen molar-refractivity contribution in [2.75, 3.05) is 20.8 Å². The molecule has 0 unspecified atom stereocenters. The Morgan fingerprint density at radius 3 is 2.59 bits per heavy atom. The minimum atomic E-state index is -0.525. The van der Waals surface area contributed by atoms with Gasteiger partial charge in [-0.2, -0.15) is 0 Å². The summed E-state index contributed by atoms with van der Waals surface area (Å²) >= 11 is 0. The Morgan fingerprint density at radius 1 is 1.17 bits per heavy atom. The van der Waals surface area contributed by atoms with E-state index in [9.17, 15) is 9.59 Å². The van der Waals surface area contributed by atoms with E-state index in [1.54, 1.807) is 6.07 Å². The molecule has 2 aromatic carbocycles. The number of hydrogen-bond donors (Lipinski definition) is 1. The van der Waals surface area contributed by atoms with E-state index in [2.05, 4.69) is 10.3 Å². The van der Waals surface area contributed by atoms with E-state index in [1.165, 1.54) is 26.4 Å². The number of rotatable bonds is 6. The fourth-order valence-corrected chi connectivity index (χ4v) is 2.99. The number of ether oxygens (including phenoxy) is 3. The molecule has 0 saturated carbocycles. The van der Waals surface area contributed by atoms with Gasteiger partial charge in [-0.25, -0.2) is 9.79 Å². The third-order valence-electron chi connectivity index (χ3n) is 4.52. The molecule has 1 aliphatic heterocycles. The fraction of sp³-hybridized carbons (Fsp3) is 0.318. The Labute approximate surface area is 169 Å². The summed E-state index contributed by atoms with van der Waals surface area (Å²) in [5.74, 6) is 0.0527. The zero-order valence-electron chi connectivity index (χ0n) is 16.9. The van der Waals surface area contributed by atoms with E-state index >= 15 is 0 Å². The molecular formula is C22H24N2O5. The molecule has 0 aromatic heterocycles. The average molecular weight is 396 g/mol. The van der Waals surface area contributed by atoms with Gasteiger partial charge >= 0.3 is 5.97 Å². The molecule has 0 atom stereocenters. The van der Waals surface area contributed by atoms with Crippen molar-refractivity contribution in [1.29, 1.82) is 0 Å². The van der Waals surface area contributed by atoms with Gasteiger partial charge in [0.2, 0.25) is 5.90 Å². The van der Waals surface area contributed by atoms with Crippen LogP contribution in [0, 0.1) is 0 Å². The van der Waals surface area contributed by atoms with Crippen LogP contribution in [0.5, 0.6) is 5.75 Å². The Hall–Kier alpha value is -3.35. The molecule has 1 heterocycles. The van der Waals surface area contributed by atoms with Crippen LogP contribution < -0.4 is 10.1 Å². The maximum atomic E-state index is 12.6. The lowest BCUT2D eigenvalue weighted by Crippen LogP contribution is -2.24. The third kappa shape index (κ3) is 4.56. The standard InChI is InChI=1S/C22H24N2O5/c1-22(2)13-29-20(24-22)16-8-6-5-7-15(16)12-23-19(25)14-9-10-17(21(26)28-4)18(11-14)27-3/h5-11H,12-13H2,1-4H3,(H,23,25). The van der Waals surface area contributed by atoms with E-state index in [-0.39, 0.29) is 22.8 Å². The first kappa shape index (κ1) is 20.4. The lowest BCUT2D eigenvalue weighted by molar-refractivity contribution is 0.0596. The summed E-state index contributed by atoms with van der Waals surface area (Å²) in [6, 6.07) is 12.2. The molecule has 1 aliphatic rings. The van der Waals surface area contributed by atoms with Gasteiger partial charge in [-0.1, -0.05) is 18.2 Å². The highest BCUT2D eigenvalue weighted by Crippen LogP contribution is 2.23. The number of esters is 1. The van der Waals surface area contributed by atoms with Gasteiger partial charge in [-0.3, -0.25) is 4.79 Å². The molecule has 0 aliphatic carbocycles. The molecule has 152 valence electrons. The second kappa shape index (κ2) is 8.34. The first-order valence-electron chi connectivity index (χ1n) is 9.20. The zero-order chi connectivity index (χ0) is 21.0. The lowest BCUT2D eigenvalue weighted by Gasteiger charge is -2.12. The number of amides is 1. The number of carbonyl (C=O) groups excluding carboxylic acids is 2. The minimum absolute atomic E-state index is 0.260. The summed E-state index contributed by atoms with van der Waals surface area (Å²) in [4.78, 5) is 29.0. The molecule has 0 fully saturated rings. The van der Waals surface area contributed by atoms with Crippen LogP contribution in [0.2, 0.25) is 0 Å². The van der Waals surface area contributed by atoms with Gasteiger partial charge in [0, 0.05) is 17.7 Å². The van der Waals surface area contributed by atoms with Crippen LogP contribution in [0.4, 0.5) is 0 Å². The molecule has 1 N–H and O–H groups in total. The van der Waals surface area contributed by atoms with Crippen molar-refractivity contribution in [2.24, 2.45) is 4.99 Å². The molecule has 7 nitrogen and oxygen atoms in total. The van der Waals surface area contributed by atoms with Crippen molar-refractivity contribution in [3.8, 4) is 5.75 Å². The van der Waals surface area contributed by atoms with E-state index in [0.29, 0.717) is 24.6 Å². The Morgan fingerprint density at radius 2 is 1.93 bits per heavy atom. The van der Waals surface area contributed by atoms with Gasteiger partial charge in [0.05, 0.1) is 19.8 Å². The number of hydrogen-bond acceptors (Lipinski definition) is 6. The Bertz CT molecular complexity index is 965. The van der Waals surface area contributed by atoms with E-state index < -0.39 is 5.97 Å². The highest BCUT2D eigenvalue weighted by atomic mass is 16.5. The maximum absolute atomic E-state index is 12.6. The van der Waals surface area contributed by atoms with Gasteiger partial charge in [-0.15, -0.1) is 0 Å². The predicted molar refractivity (Wildman–Crippen MR) is 109 cm³/mol. The first-order valence-corrected chi connectivity index (χ1v) is 9.20. The molecule has 7 heteroatoms. The van der Waals surface area contributed by atoms with Crippen LogP contribution >= 0.6 is 0 Å². The van der Waals surface area contributed by atoms with Crippen LogP contribution in [0.3, 0.4) is 0 Å². The summed E-state index contributed by atoms with van der Waals surface area (Å²) in [5, 5.41) is 2.89. The highest BCUT2D eigenvalue weighted by Gasteiger charge is 2.28. The van der Waals surface area contributed by atoms with Crippen molar-refractivity contribution in [1.82, 2.24) is 5.32 Å². The van der Waals surface area contributed by atoms with E-state index in [0.717, 1.165) is 11.1 Å². The predicted octanol–water partition coefficient (Wildman–Crippen LogP) is 2.97. The third-order valence-corrected chi connectivity index (χ3v) is 4.52. The first-order chi connectivity index (χ1) is 13.8. The quantitative estimate of drug-likeness (QED) is 0.759. The molecule has 3 rings (SSSR count). The van der Waals surface area contributed by atoms with E-state index in [1.807, 2.05) is 38.1 Å². The summed E-state index contributed by atoms with van der Waals surface area (Å²) in [5.41, 5.74) is 2.13. The number of aliphatic imine (C=N–C) groups is 1. The summed E-state index contributed by atoms with van der Waals surface area (Å²) < 4.78 is 15.7. The fourth-order valence-electron chi connectivity index (χ4n) is 2.99. The molecule has 0 saturated heterocycles. The van der Waals surface area contributed by atoms with Crippen molar-refractivity contribution in [2.45, 2.75) is 25.9 Å². The van der Waals surface area contributed by atoms with Crippen LogP contribution in [0.1, 0.15) is 45.7 Å². The SMILES string of the molecule is COC(=O)c1ccc(C(=O)NCc2ccccc2C2=NC(C)(C)CO2)cc1OC. The van der Waals surface area contributed by atoms with Crippen LogP contribution in [0.15, 0.2) is 47.5 Å². The molecule has 0 spiro atoms. The summed E-state index contributed by atoms with van der Waals surface area (Å²) in [6.07, 6.45) is 0. The molecule has 2 aromatic rings. The number of nitrogens with one attached hydrogen (secondary N) is 1. The minimum Gasteiger partial charge on any atom is -0.496 e. The maximum Gasteiger partial charge on any atom is 0.341 e. The van der Waals surface area contributed by atoms with Crippen molar-refractivity contribution in [3.63, 3.8) is 0 Å². The monoisotopic (exact) mass is 396 g/mol. The van der Waals surface area contributed by atoms with Crippen molar-refractivity contribution < 1.29 is 23.8 Å². The second-order valence-corrected chi connectivity index (χ2v) is 7.26. The lowest BCUT2D eigenvalue weighted by atomic mass is 10.1. The topological polar surface area (TPSA) is 86.2 Å². The van der Waals surface area contributed by atoms with Crippen LogP contribution in [-0.2, 0) is 16.0 Å². The highest BCUT2D eigenvalue weighted by molar-refractivity contribution is 5.99. The molecule has 29 heavy (non-hydrogen) atoms. The van der Waals surface area contributed by atoms with Crippen molar-refractivity contribution in [3.05, 3.63) is 64.7 Å². The number of carbonyl (C=O) groups is 2. The smallest absolute Gasteiger partial charge is 0.341 e. The molecule has 0 bridgehead atoms. The van der Waals surface area contributed by atoms with E-state index in [4.69, 9.17) is 14.2 Å². The largest absolute Gasteiger partial charge is 0.496 e. The van der Waals surface area contributed by atoms with Gasteiger partial charge in [-0.05, 0) is 43.7 Å². The van der Waals surface area contributed by atoms with Crippen LogP contribution in [0.25, 0.3) is 0 Å². The Kier molecular flexibility index (Phi) is 5.87. The molecule has 0 radical (unpaired) electrons. The van der Waals surface area contributed by atoms with Crippen LogP contribution in [-0.4, -0.2) is 44.1 Å². The number of benzene rings is 2. The molecule has 1 amide bonds. The summed E-state index contributed by atoms with van der Waals surface area (Å²) in [7, 11) is 2.73. The Balaban J connectivity index is 1.76. The summed E-state index contributed by atoms with van der Waals surface area (Å²) in [6.45, 7) is 4.85. The average Bonchev–Trinajstić information content (AvgIpc) is 3.10. The van der Waals surface area contributed by atoms with Gasteiger partial charge in [0.1, 0.15) is 17.9 Å². The van der Waals surface area contributed by atoms with Crippen molar-refractivity contribution >= 4 is 17.8 Å². The number of nitrogens with zero attached hydrogens (tertiary/aromatic N) is 1. The molecular weight excluding hydrogens is 372 g/mol. The normalized spacial score (nSPS) is 14.6. The van der Waals surface area contributed by atoms with Gasteiger partial charge in [0.15, 0.2) is 0 Å².